The third-order valence-corrected chi connectivity index (χ3v) is 6.60. The molecule has 0 radical (unpaired) electrons. The van der Waals surface area contributed by atoms with Gasteiger partial charge in [-0.2, -0.15) is 13.2 Å². The van der Waals surface area contributed by atoms with Gasteiger partial charge in [0, 0.05) is 24.0 Å². The van der Waals surface area contributed by atoms with Crippen LogP contribution in [-0.4, -0.2) is 37.0 Å². The molecule has 2 aliphatic rings. The second-order valence-electron chi connectivity index (χ2n) is 7.62. The molecule has 1 amide bonds. The van der Waals surface area contributed by atoms with E-state index in [1.54, 1.807) is 11.3 Å². The van der Waals surface area contributed by atoms with Crippen LogP contribution in [0.15, 0.2) is 35.7 Å². The van der Waals surface area contributed by atoms with Crippen LogP contribution in [0.2, 0.25) is 0 Å². The van der Waals surface area contributed by atoms with Crippen molar-refractivity contribution in [1.82, 2.24) is 4.90 Å². The third kappa shape index (κ3) is 4.59. The maximum absolute atomic E-state index is 13.2. The number of likely N-dealkylation sites (tertiary alicyclic amines) is 1. The Hall–Kier alpha value is -2.06. The molecule has 2 aromatic rings. The largest absolute Gasteiger partial charge is 0.416 e. The summed E-state index contributed by atoms with van der Waals surface area (Å²) in [5.41, 5.74) is 0.173. The number of halogens is 3. The van der Waals surface area contributed by atoms with E-state index < -0.39 is 11.7 Å². The molecule has 0 saturated carbocycles. The summed E-state index contributed by atoms with van der Waals surface area (Å²) in [6.45, 7) is 2.58. The van der Waals surface area contributed by atoms with Crippen molar-refractivity contribution in [3.05, 3.63) is 46.2 Å². The quantitative estimate of drug-likeness (QED) is 0.723. The van der Waals surface area contributed by atoms with Gasteiger partial charge in [-0.05, 0) is 61.9 Å². The standard InChI is InChI=1S/C21H24F3N3OS/c22-21(23,24)15-7-8-17(26-9-1-2-10-26)16(13-15)25-20(28)14-27-11-3-5-18(27)19-6-4-12-29-19/h4,6-8,12-13,18H,1-3,5,9-11,14H2,(H,25,28)/t18-/m0/s1. The number of hydrogen-bond donors (Lipinski definition) is 1. The number of rotatable bonds is 5. The van der Waals surface area contributed by atoms with Gasteiger partial charge in [-0.25, -0.2) is 0 Å². The van der Waals surface area contributed by atoms with E-state index in [4.69, 9.17) is 0 Å². The Morgan fingerprint density at radius 2 is 1.93 bits per heavy atom. The normalized spacial score (nSPS) is 20.4. The number of carbonyl (C=O) groups excluding carboxylic acids is 1. The van der Waals surface area contributed by atoms with Crippen LogP contribution in [0.5, 0.6) is 0 Å². The lowest BCUT2D eigenvalue weighted by atomic mass is 10.1. The van der Waals surface area contributed by atoms with E-state index in [1.165, 1.54) is 10.9 Å². The van der Waals surface area contributed by atoms with E-state index in [0.717, 1.165) is 57.5 Å². The van der Waals surface area contributed by atoms with E-state index in [9.17, 15) is 18.0 Å². The molecule has 1 aromatic heterocycles. The molecule has 0 unspecified atom stereocenters. The summed E-state index contributed by atoms with van der Waals surface area (Å²) in [6, 6.07) is 7.92. The van der Waals surface area contributed by atoms with Crippen LogP contribution in [0.25, 0.3) is 0 Å². The number of benzene rings is 1. The smallest absolute Gasteiger partial charge is 0.370 e. The molecule has 2 fully saturated rings. The highest BCUT2D eigenvalue weighted by atomic mass is 32.1. The SMILES string of the molecule is O=C(CN1CCC[C@H]1c1cccs1)Nc1cc(C(F)(F)F)ccc1N1CCCC1. The lowest BCUT2D eigenvalue weighted by molar-refractivity contribution is -0.137. The second-order valence-corrected chi connectivity index (χ2v) is 8.60. The lowest BCUT2D eigenvalue weighted by Crippen LogP contribution is -2.33. The maximum Gasteiger partial charge on any atom is 0.416 e. The van der Waals surface area contributed by atoms with Crippen molar-refractivity contribution in [2.75, 3.05) is 36.4 Å². The molecule has 0 spiro atoms. The van der Waals surface area contributed by atoms with Crippen LogP contribution < -0.4 is 10.2 Å². The van der Waals surface area contributed by atoms with E-state index >= 15 is 0 Å². The predicted octanol–water partition coefficient (Wildman–Crippen LogP) is 5.14. The minimum Gasteiger partial charge on any atom is -0.370 e. The number of anilines is 2. The minimum absolute atomic E-state index is 0.179. The number of carbonyl (C=O) groups is 1. The van der Waals surface area contributed by atoms with Gasteiger partial charge in [-0.3, -0.25) is 9.69 Å². The summed E-state index contributed by atoms with van der Waals surface area (Å²) in [4.78, 5) is 18.1. The lowest BCUT2D eigenvalue weighted by Gasteiger charge is -2.25. The zero-order valence-corrected chi connectivity index (χ0v) is 16.9. The zero-order chi connectivity index (χ0) is 20.4. The fraction of sp³-hybridized carbons (Fsp3) is 0.476. The van der Waals surface area contributed by atoms with Crippen molar-refractivity contribution in [2.24, 2.45) is 0 Å². The molecule has 2 aliphatic heterocycles. The number of alkyl halides is 3. The Balaban J connectivity index is 1.51. The summed E-state index contributed by atoms with van der Waals surface area (Å²) in [6.07, 6.45) is -0.424. The van der Waals surface area contributed by atoms with Crippen LogP contribution in [-0.2, 0) is 11.0 Å². The Bertz CT molecular complexity index is 847. The summed E-state index contributed by atoms with van der Waals surface area (Å²) < 4.78 is 39.7. The van der Waals surface area contributed by atoms with Gasteiger partial charge in [-0.1, -0.05) is 6.07 Å². The molecular formula is C21H24F3N3OS. The topological polar surface area (TPSA) is 35.6 Å². The van der Waals surface area contributed by atoms with Crippen molar-refractivity contribution in [3.8, 4) is 0 Å². The Labute approximate surface area is 172 Å². The van der Waals surface area contributed by atoms with Crippen molar-refractivity contribution in [3.63, 3.8) is 0 Å². The molecule has 0 aliphatic carbocycles. The third-order valence-electron chi connectivity index (χ3n) is 5.63. The maximum atomic E-state index is 13.2. The van der Waals surface area contributed by atoms with Gasteiger partial charge in [0.25, 0.3) is 0 Å². The molecule has 156 valence electrons. The van der Waals surface area contributed by atoms with Crippen molar-refractivity contribution in [1.29, 1.82) is 0 Å². The predicted molar refractivity (Wildman–Crippen MR) is 109 cm³/mol. The average molecular weight is 424 g/mol. The molecule has 29 heavy (non-hydrogen) atoms. The monoisotopic (exact) mass is 423 g/mol. The molecule has 1 aromatic carbocycles. The van der Waals surface area contributed by atoms with Crippen LogP contribution in [0, 0.1) is 0 Å². The Morgan fingerprint density at radius 3 is 2.62 bits per heavy atom. The molecule has 1 atom stereocenters. The van der Waals surface area contributed by atoms with Crippen LogP contribution in [0.3, 0.4) is 0 Å². The summed E-state index contributed by atoms with van der Waals surface area (Å²) in [5.74, 6) is -0.270. The van der Waals surface area contributed by atoms with Gasteiger partial charge >= 0.3 is 6.18 Å². The van der Waals surface area contributed by atoms with Gasteiger partial charge < -0.3 is 10.2 Å². The van der Waals surface area contributed by atoms with Gasteiger partial charge in [0.2, 0.25) is 5.91 Å². The summed E-state index contributed by atoms with van der Waals surface area (Å²) in [5, 5.41) is 4.80. The number of nitrogens with zero attached hydrogens (tertiary/aromatic N) is 2. The fourth-order valence-corrected chi connectivity index (χ4v) is 5.13. The van der Waals surface area contributed by atoms with Gasteiger partial charge in [-0.15, -0.1) is 11.3 Å². The molecule has 3 heterocycles. The fourth-order valence-electron chi connectivity index (χ4n) is 4.24. The van der Waals surface area contributed by atoms with E-state index in [1.807, 2.05) is 16.3 Å². The highest BCUT2D eigenvalue weighted by Gasteiger charge is 2.32. The van der Waals surface area contributed by atoms with Crippen molar-refractivity contribution < 1.29 is 18.0 Å². The Morgan fingerprint density at radius 1 is 1.14 bits per heavy atom. The number of hydrogen-bond acceptors (Lipinski definition) is 4. The number of nitrogens with one attached hydrogen (secondary N) is 1. The van der Waals surface area contributed by atoms with Gasteiger partial charge in [0.15, 0.2) is 0 Å². The Kier molecular flexibility index (Phi) is 5.83. The molecule has 4 rings (SSSR count). The van der Waals surface area contributed by atoms with Gasteiger partial charge in [0.1, 0.15) is 0 Å². The first-order valence-corrected chi connectivity index (χ1v) is 10.8. The van der Waals surface area contributed by atoms with Crippen molar-refractivity contribution >= 4 is 28.6 Å². The van der Waals surface area contributed by atoms with Gasteiger partial charge in [0.05, 0.1) is 23.5 Å². The van der Waals surface area contributed by atoms with E-state index in [0.29, 0.717) is 5.69 Å². The first-order valence-electron chi connectivity index (χ1n) is 9.95. The second kappa shape index (κ2) is 8.36. The molecule has 2 saturated heterocycles. The molecule has 1 N–H and O–H groups in total. The summed E-state index contributed by atoms with van der Waals surface area (Å²) >= 11 is 1.67. The van der Waals surface area contributed by atoms with Crippen molar-refractivity contribution in [2.45, 2.75) is 37.9 Å². The molecule has 8 heteroatoms. The van der Waals surface area contributed by atoms with E-state index in [-0.39, 0.29) is 24.2 Å². The molecular weight excluding hydrogens is 399 g/mol. The minimum atomic E-state index is -4.44. The molecule has 0 bridgehead atoms. The van der Waals surface area contributed by atoms with Crippen LogP contribution in [0.4, 0.5) is 24.5 Å². The molecule has 4 nitrogen and oxygen atoms in total. The summed E-state index contributed by atoms with van der Waals surface area (Å²) in [7, 11) is 0. The first kappa shape index (κ1) is 20.2. The number of amides is 1. The highest BCUT2D eigenvalue weighted by Crippen LogP contribution is 2.37. The van der Waals surface area contributed by atoms with E-state index in [2.05, 4.69) is 16.3 Å². The van der Waals surface area contributed by atoms with Crippen LogP contribution >= 0.6 is 11.3 Å². The highest BCUT2D eigenvalue weighted by molar-refractivity contribution is 7.10. The van der Waals surface area contributed by atoms with Crippen LogP contribution in [0.1, 0.15) is 42.2 Å². The number of thiophene rings is 1. The first-order chi connectivity index (χ1) is 13.9. The average Bonchev–Trinajstić information content (AvgIpc) is 3.43. The zero-order valence-electron chi connectivity index (χ0n) is 16.0.